The van der Waals surface area contributed by atoms with Gasteiger partial charge >= 0.3 is 6.61 Å². The Morgan fingerprint density at radius 3 is 2.62 bits per heavy atom. The predicted molar refractivity (Wildman–Crippen MR) is 130 cm³/mol. The topological polar surface area (TPSA) is 79.8 Å². The van der Waals surface area contributed by atoms with Gasteiger partial charge in [-0.3, -0.25) is 4.40 Å². The van der Waals surface area contributed by atoms with Crippen LogP contribution < -0.4 is 4.74 Å². The maximum atomic E-state index is 15.2. The summed E-state index contributed by atoms with van der Waals surface area (Å²) in [5, 5.41) is 20.3. The number of aliphatic hydroxyl groups excluding tert-OH is 1. The molecule has 2 unspecified atom stereocenters. The Morgan fingerprint density at radius 1 is 1.22 bits per heavy atom. The van der Waals surface area contributed by atoms with Gasteiger partial charge < -0.3 is 14.6 Å². The van der Waals surface area contributed by atoms with E-state index < -0.39 is 30.1 Å². The fraction of sp³-hybridized carbons (Fsp3) is 0.259. The van der Waals surface area contributed by atoms with Gasteiger partial charge in [0.05, 0.1) is 29.5 Å². The first-order chi connectivity index (χ1) is 17.6. The molecule has 5 rings (SSSR count). The lowest BCUT2D eigenvalue weighted by molar-refractivity contribution is -0.0548. The maximum absolute atomic E-state index is 15.2. The summed E-state index contributed by atoms with van der Waals surface area (Å²) >= 11 is 6.16. The number of rotatable bonds is 5. The van der Waals surface area contributed by atoms with Crippen molar-refractivity contribution >= 4 is 17.2 Å². The second-order valence-corrected chi connectivity index (χ2v) is 9.69. The van der Waals surface area contributed by atoms with E-state index in [1.165, 1.54) is 30.5 Å². The zero-order valence-electron chi connectivity index (χ0n) is 19.8. The Balaban J connectivity index is 1.67. The molecule has 0 spiro atoms. The highest BCUT2D eigenvalue weighted by Gasteiger charge is 2.35. The summed E-state index contributed by atoms with van der Waals surface area (Å²) < 4.78 is 53.6. The molecule has 0 aliphatic carbocycles. The zero-order chi connectivity index (χ0) is 26.5. The smallest absolute Gasteiger partial charge is 0.387 e. The van der Waals surface area contributed by atoms with Crippen molar-refractivity contribution in [1.82, 2.24) is 9.38 Å². The number of nitrogens with zero attached hydrogens (tertiary/aromatic N) is 3. The fourth-order valence-corrected chi connectivity index (χ4v) is 4.64. The maximum Gasteiger partial charge on any atom is 0.387 e. The number of pyridine rings is 1. The summed E-state index contributed by atoms with van der Waals surface area (Å²) in [5.41, 5.74) is 1.88. The van der Waals surface area contributed by atoms with Crippen LogP contribution in [0.5, 0.6) is 5.75 Å². The summed E-state index contributed by atoms with van der Waals surface area (Å²) in [7, 11) is 0. The van der Waals surface area contributed by atoms with Gasteiger partial charge in [-0.15, -0.1) is 0 Å². The first kappa shape index (κ1) is 25.1. The molecule has 1 aliphatic heterocycles. The van der Waals surface area contributed by atoms with E-state index in [1.54, 1.807) is 42.5 Å². The van der Waals surface area contributed by atoms with Crippen LogP contribution in [0.1, 0.15) is 48.6 Å². The average molecular weight is 528 g/mol. The molecular weight excluding hydrogens is 507 g/mol. The van der Waals surface area contributed by atoms with Crippen molar-refractivity contribution in [2.45, 2.75) is 38.1 Å². The summed E-state index contributed by atoms with van der Waals surface area (Å²) in [4.78, 5) is 4.41. The largest absolute Gasteiger partial charge is 0.434 e. The number of aromatic nitrogens is 2. The molecule has 2 aromatic heterocycles. The van der Waals surface area contributed by atoms with Gasteiger partial charge in [0.15, 0.2) is 0 Å². The third-order valence-corrected chi connectivity index (χ3v) is 6.66. The van der Waals surface area contributed by atoms with Gasteiger partial charge in [-0.2, -0.15) is 14.0 Å². The van der Waals surface area contributed by atoms with Crippen LogP contribution in [0.15, 0.2) is 54.7 Å². The van der Waals surface area contributed by atoms with Gasteiger partial charge in [-0.1, -0.05) is 35.9 Å². The number of hydrogen-bond acceptors (Lipinski definition) is 5. The highest BCUT2D eigenvalue weighted by molar-refractivity contribution is 6.30. The molecule has 37 heavy (non-hydrogen) atoms. The molecule has 6 nitrogen and oxygen atoms in total. The molecule has 2 atom stereocenters. The van der Waals surface area contributed by atoms with Gasteiger partial charge in [0.1, 0.15) is 29.4 Å². The van der Waals surface area contributed by atoms with Gasteiger partial charge in [0, 0.05) is 28.4 Å². The zero-order valence-corrected chi connectivity index (χ0v) is 20.5. The average Bonchev–Trinajstić information content (AvgIpc) is 3.24. The standard InChI is InChI=1S/C27H21ClF3N3O3/c1-27(2,13-32)15-5-3-14(4-6-15)18-11-34-22(10-19(18)29)33-23-20(35)12-36-25(24(23)34)17-9-16(28)7-8-21(17)37-26(30)31/h3-11,20,25-26,35H,12H2,1-2H3. The number of nitriles is 1. The number of fused-ring (bicyclic) bond motifs is 3. The summed E-state index contributed by atoms with van der Waals surface area (Å²) in [5.74, 6) is -0.682. The number of halogens is 4. The third kappa shape index (κ3) is 4.53. The molecule has 0 bridgehead atoms. The number of hydrogen-bond donors (Lipinski definition) is 1. The minimum atomic E-state index is -3.08. The van der Waals surface area contributed by atoms with E-state index in [0.717, 1.165) is 5.56 Å². The minimum absolute atomic E-state index is 0.139. The van der Waals surface area contributed by atoms with Crippen LogP contribution in [-0.2, 0) is 10.2 Å². The normalized spacial score (nSPS) is 17.6. The first-order valence-corrected chi connectivity index (χ1v) is 11.7. The number of benzene rings is 2. The predicted octanol–water partition coefficient (Wildman–Crippen LogP) is 6.35. The van der Waals surface area contributed by atoms with E-state index in [9.17, 15) is 19.1 Å². The first-order valence-electron chi connectivity index (χ1n) is 11.4. The van der Waals surface area contributed by atoms with E-state index in [1.807, 2.05) is 0 Å². The van der Waals surface area contributed by atoms with Crippen molar-refractivity contribution in [3.05, 3.63) is 88.1 Å². The SMILES string of the molecule is CC(C)(C#N)c1ccc(-c2cn3c4c(nc3cc2F)C(O)COC4c2cc(Cl)ccc2OC(F)F)cc1. The van der Waals surface area contributed by atoms with Crippen LogP contribution in [0.3, 0.4) is 0 Å². The van der Waals surface area contributed by atoms with Gasteiger partial charge in [-0.05, 0) is 43.2 Å². The summed E-state index contributed by atoms with van der Waals surface area (Å²) in [6.07, 6.45) is -0.560. The van der Waals surface area contributed by atoms with Crippen LogP contribution in [-0.4, -0.2) is 27.7 Å². The number of aliphatic hydroxyl groups is 1. The lowest BCUT2D eigenvalue weighted by atomic mass is 9.85. The third-order valence-electron chi connectivity index (χ3n) is 6.43. The van der Waals surface area contributed by atoms with Crippen molar-refractivity contribution < 1.29 is 27.8 Å². The van der Waals surface area contributed by atoms with E-state index in [-0.39, 0.29) is 39.8 Å². The van der Waals surface area contributed by atoms with Gasteiger partial charge in [0.25, 0.3) is 0 Å². The molecule has 1 aliphatic rings. The fourth-order valence-electron chi connectivity index (χ4n) is 4.46. The van der Waals surface area contributed by atoms with E-state index in [0.29, 0.717) is 11.3 Å². The Labute approximate surface area is 215 Å². The number of alkyl halides is 2. The Morgan fingerprint density at radius 2 is 1.95 bits per heavy atom. The quantitative estimate of drug-likeness (QED) is 0.327. The number of ether oxygens (including phenoxy) is 2. The summed E-state index contributed by atoms with van der Waals surface area (Å²) in [6.45, 7) is 0.345. The highest BCUT2D eigenvalue weighted by atomic mass is 35.5. The molecule has 0 amide bonds. The van der Waals surface area contributed by atoms with Crippen molar-refractivity contribution in [3.63, 3.8) is 0 Å². The van der Waals surface area contributed by atoms with Crippen LogP contribution in [0, 0.1) is 17.1 Å². The molecule has 0 radical (unpaired) electrons. The second-order valence-electron chi connectivity index (χ2n) is 9.25. The Bertz CT molecular complexity index is 1530. The van der Waals surface area contributed by atoms with E-state index in [2.05, 4.69) is 11.1 Å². The van der Waals surface area contributed by atoms with Crippen LogP contribution in [0.25, 0.3) is 16.8 Å². The molecular formula is C27H21ClF3N3O3. The molecule has 10 heteroatoms. The van der Waals surface area contributed by atoms with E-state index >= 15 is 4.39 Å². The lowest BCUT2D eigenvalue weighted by Crippen LogP contribution is -2.23. The van der Waals surface area contributed by atoms with Gasteiger partial charge in [-0.25, -0.2) is 9.37 Å². The molecule has 0 saturated carbocycles. The summed E-state index contributed by atoms with van der Waals surface area (Å²) in [6, 6.07) is 14.6. The van der Waals surface area contributed by atoms with Crippen LogP contribution >= 0.6 is 11.6 Å². The Hall–Kier alpha value is -3.58. The van der Waals surface area contributed by atoms with Crippen LogP contribution in [0.4, 0.5) is 13.2 Å². The molecule has 0 fully saturated rings. The highest BCUT2D eigenvalue weighted by Crippen LogP contribution is 2.42. The van der Waals surface area contributed by atoms with E-state index in [4.69, 9.17) is 21.1 Å². The van der Waals surface area contributed by atoms with Gasteiger partial charge in [0.2, 0.25) is 0 Å². The molecule has 190 valence electrons. The molecule has 4 aromatic rings. The number of imidazole rings is 1. The van der Waals surface area contributed by atoms with Crippen molar-refractivity contribution in [1.29, 1.82) is 5.26 Å². The molecule has 1 N–H and O–H groups in total. The molecule has 3 heterocycles. The van der Waals surface area contributed by atoms with Crippen molar-refractivity contribution in [2.75, 3.05) is 6.61 Å². The van der Waals surface area contributed by atoms with Crippen molar-refractivity contribution in [2.24, 2.45) is 0 Å². The molecule has 2 aromatic carbocycles. The van der Waals surface area contributed by atoms with Crippen LogP contribution in [0.2, 0.25) is 5.02 Å². The lowest BCUT2D eigenvalue weighted by Gasteiger charge is -2.28. The Kier molecular flexibility index (Phi) is 6.36. The minimum Gasteiger partial charge on any atom is -0.434 e. The monoisotopic (exact) mass is 527 g/mol. The molecule has 0 saturated heterocycles. The second kappa shape index (κ2) is 9.38. The van der Waals surface area contributed by atoms with Crippen molar-refractivity contribution in [3.8, 4) is 22.9 Å².